The van der Waals surface area contributed by atoms with Crippen molar-refractivity contribution >= 4 is 70.5 Å². The minimum atomic E-state index is -2.31. The highest BCUT2D eigenvalue weighted by Crippen LogP contribution is 2.49. The molecule has 0 aliphatic carbocycles. The van der Waals surface area contributed by atoms with Gasteiger partial charge in [0.2, 0.25) is 53.4 Å². The van der Waals surface area contributed by atoms with Crippen LogP contribution in [0.5, 0.6) is 46.0 Å². The second-order valence-corrected chi connectivity index (χ2v) is 23.0. The lowest BCUT2D eigenvalue weighted by molar-refractivity contribution is -0.277. The van der Waals surface area contributed by atoms with E-state index in [4.69, 9.17) is 47.9 Å². The number of halogens is 2. The van der Waals surface area contributed by atoms with E-state index in [0.29, 0.717) is 0 Å². The van der Waals surface area contributed by atoms with Crippen molar-refractivity contribution in [2.24, 2.45) is 11.7 Å². The number of carbonyl (C=O) groups excluding carboxylic acids is 7. The van der Waals surface area contributed by atoms with Crippen LogP contribution >= 0.6 is 23.2 Å². The highest BCUT2D eigenvalue weighted by molar-refractivity contribution is 6.32. The van der Waals surface area contributed by atoms with Crippen LogP contribution in [0.25, 0.3) is 11.1 Å². The van der Waals surface area contributed by atoms with E-state index in [-0.39, 0.29) is 45.6 Å². The first-order chi connectivity index (χ1) is 43.1. The number of carbonyl (C=O) groups is 8. The maximum absolute atomic E-state index is 15.8. The van der Waals surface area contributed by atoms with Gasteiger partial charge in [0.05, 0.1) is 29.1 Å². The molecule has 19 N–H and O–H groups in total. The molecule has 0 aromatic heterocycles. The molecule has 6 heterocycles. The molecular weight excluding hydrogens is 1240 g/mol. The monoisotopic (exact) mass is 1300 g/mol. The molecule has 11 bridgehead atoms. The number of benzene rings is 5. The average molecular weight is 1310 g/mol. The fourth-order valence-corrected chi connectivity index (χ4v) is 11.2. The molecule has 5 aromatic rings. The van der Waals surface area contributed by atoms with E-state index in [1.54, 1.807) is 0 Å². The molecule has 0 radical (unpaired) electrons. The number of carboxylic acid groups (broad SMARTS) is 1. The van der Waals surface area contributed by atoms with Crippen LogP contribution in [0, 0.1) is 5.92 Å². The van der Waals surface area contributed by atoms with Crippen molar-refractivity contribution in [3.8, 4) is 57.1 Å². The van der Waals surface area contributed by atoms with E-state index >= 15 is 14.4 Å². The van der Waals surface area contributed by atoms with E-state index < -0.39 is 207 Å². The largest absolute Gasteiger partial charge is 0.508 e. The second kappa shape index (κ2) is 27.2. The number of rotatable bonds is 11. The number of likely N-dealkylation sites (N-methyl/N-ethyl adjacent to an activating group) is 1. The Hall–Kier alpha value is -9.08. The highest BCUT2D eigenvalue weighted by atomic mass is 35.5. The topological polar surface area (TPSA) is 486 Å². The summed E-state index contributed by atoms with van der Waals surface area (Å²) in [5.74, 6) is -15.8. The van der Waals surface area contributed by atoms with Crippen molar-refractivity contribution in [1.29, 1.82) is 0 Å². The van der Waals surface area contributed by atoms with E-state index in [1.807, 2.05) is 13.8 Å². The Morgan fingerprint density at radius 1 is 0.659 bits per heavy atom. The van der Waals surface area contributed by atoms with Crippen molar-refractivity contribution in [3.63, 3.8) is 0 Å². The van der Waals surface area contributed by atoms with Gasteiger partial charge in [-0.1, -0.05) is 55.2 Å². The minimum Gasteiger partial charge on any atom is -0.508 e. The van der Waals surface area contributed by atoms with Crippen molar-refractivity contribution in [3.05, 3.63) is 117 Å². The Labute approximate surface area is 525 Å². The molecule has 30 nitrogen and oxygen atoms in total. The molecule has 91 heavy (non-hydrogen) atoms. The van der Waals surface area contributed by atoms with Gasteiger partial charge in [0.15, 0.2) is 17.5 Å². The number of aromatic hydroxyl groups is 3. The third-order valence-corrected chi connectivity index (χ3v) is 16.0. The summed E-state index contributed by atoms with van der Waals surface area (Å²) >= 11 is 13.8. The Bertz CT molecular complexity index is 3730. The van der Waals surface area contributed by atoms with Gasteiger partial charge in [0, 0.05) is 22.8 Å². The Morgan fingerprint density at radius 3 is 1.84 bits per heavy atom. The fraction of sp³-hybridized carbons (Fsp3) is 0.356. The summed E-state index contributed by atoms with van der Waals surface area (Å²) < 4.78 is 24.8. The number of nitrogens with two attached hydrogens (primary N) is 1. The van der Waals surface area contributed by atoms with Gasteiger partial charge in [0.25, 0.3) is 0 Å². The van der Waals surface area contributed by atoms with Crippen LogP contribution in [0.2, 0.25) is 10.0 Å². The molecule has 32 heteroatoms. The zero-order chi connectivity index (χ0) is 66.2. The van der Waals surface area contributed by atoms with E-state index in [1.165, 1.54) is 19.2 Å². The molecule has 6 aliphatic heterocycles. The first-order valence-electron chi connectivity index (χ1n) is 27.9. The molecule has 10 unspecified atom stereocenters. The Balaban J connectivity index is 1.32. The number of aliphatic hydroxyl groups excluding tert-OH is 6. The quantitative estimate of drug-likeness (QED) is 0.0819. The molecule has 484 valence electrons. The zero-order valence-corrected chi connectivity index (χ0v) is 49.5. The van der Waals surface area contributed by atoms with Crippen LogP contribution < -0.4 is 57.2 Å². The summed E-state index contributed by atoms with van der Waals surface area (Å²) in [7, 11) is 1.47. The molecule has 1 saturated heterocycles. The summed E-state index contributed by atoms with van der Waals surface area (Å²) in [6.07, 6.45) is -14.9. The predicted octanol–water partition coefficient (Wildman–Crippen LogP) is -0.131. The maximum Gasteiger partial charge on any atom is 0.330 e. The lowest BCUT2D eigenvalue weighted by atomic mass is 9.89. The number of hydrogen-bond acceptors (Lipinski definition) is 22. The SMILES string of the molecule is CN[C@H](CC(C)C)C(=O)N[C@@H]1C(=O)NC(CC(N)=O)C(=O)NC2C(=O)NC3C(=O)N[C@H](C(=O)NC(C(=O)O)c4cc(O)cc(O)c4-c4cc3ccc4O)[C@H](O)c3ccc(c(Cl)c3)Oc3cc2cc(c3OC2OC(CO)C(O)C(O)C2O)Oc2ccc(cc2Cl)C1O. The van der Waals surface area contributed by atoms with Gasteiger partial charge in [-0.3, -0.25) is 33.6 Å². The van der Waals surface area contributed by atoms with Gasteiger partial charge in [-0.05, 0) is 96.2 Å². The second-order valence-electron chi connectivity index (χ2n) is 22.2. The van der Waals surface area contributed by atoms with E-state index in [2.05, 4.69) is 37.2 Å². The van der Waals surface area contributed by atoms with Crippen molar-refractivity contribution in [2.75, 3.05) is 13.7 Å². The highest BCUT2D eigenvalue weighted by Gasteiger charge is 2.47. The molecule has 11 rings (SSSR count). The van der Waals surface area contributed by atoms with Gasteiger partial charge >= 0.3 is 5.97 Å². The van der Waals surface area contributed by atoms with Crippen LogP contribution in [0.1, 0.15) is 84.8 Å². The van der Waals surface area contributed by atoms with Crippen molar-refractivity contribution in [1.82, 2.24) is 37.2 Å². The first kappa shape index (κ1) is 66.3. The van der Waals surface area contributed by atoms with Crippen molar-refractivity contribution < 1.29 is 108 Å². The summed E-state index contributed by atoms with van der Waals surface area (Å²) in [4.78, 5) is 115. The van der Waals surface area contributed by atoms with Gasteiger partial charge in [0.1, 0.15) is 95.6 Å². The lowest BCUT2D eigenvalue weighted by Crippen LogP contribution is -2.60. The third kappa shape index (κ3) is 14.0. The number of phenolic OH excluding ortho intramolecular Hbond substituents is 3. The van der Waals surface area contributed by atoms with Crippen LogP contribution in [-0.2, 0) is 43.1 Å². The normalized spacial score (nSPS) is 26.2. The molecular formula is C59H62Cl2N8O22. The molecule has 6 aliphatic rings. The first-order valence-corrected chi connectivity index (χ1v) is 28.7. The Morgan fingerprint density at radius 2 is 1.25 bits per heavy atom. The van der Waals surface area contributed by atoms with Gasteiger partial charge in [-0.25, -0.2) is 4.79 Å². The Kier molecular flexibility index (Phi) is 19.8. The average Bonchev–Trinajstić information content (AvgIpc) is 0.790. The summed E-state index contributed by atoms with van der Waals surface area (Å²) in [5, 5.41) is 128. The van der Waals surface area contributed by atoms with Gasteiger partial charge in [-0.15, -0.1) is 0 Å². The van der Waals surface area contributed by atoms with Crippen LogP contribution in [0.3, 0.4) is 0 Å². The number of phenols is 3. The number of amides is 7. The summed E-state index contributed by atoms with van der Waals surface area (Å²) in [5.41, 5.74) is 2.90. The maximum atomic E-state index is 15.8. The smallest absolute Gasteiger partial charge is 0.330 e. The van der Waals surface area contributed by atoms with Crippen LogP contribution in [0.15, 0.2) is 78.9 Å². The van der Waals surface area contributed by atoms with Crippen molar-refractivity contribution in [2.45, 2.75) is 112 Å². The number of ether oxygens (including phenoxy) is 4. The number of fused-ring (bicyclic) bond motifs is 15. The van der Waals surface area contributed by atoms with E-state index in [0.717, 1.165) is 66.7 Å². The predicted molar refractivity (Wildman–Crippen MR) is 313 cm³/mol. The minimum absolute atomic E-state index is 0.0825. The molecule has 7 amide bonds. The molecule has 1 fully saturated rings. The number of hydrogen-bond donors (Lipinski definition) is 18. The summed E-state index contributed by atoms with van der Waals surface area (Å²) in [6, 6.07) is -0.613. The van der Waals surface area contributed by atoms with Crippen LogP contribution in [-0.4, -0.2) is 167 Å². The number of primary amides is 1. The third-order valence-electron chi connectivity index (χ3n) is 15.4. The number of nitrogens with one attached hydrogen (secondary N) is 7. The van der Waals surface area contributed by atoms with Gasteiger partial charge in [-0.2, -0.15) is 0 Å². The van der Waals surface area contributed by atoms with Crippen LogP contribution in [0.4, 0.5) is 0 Å². The zero-order valence-electron chi connectivity index (χ0n) is 48.0. The standard InChI is InChI=1S/C59H62Cl2N8O22/c1-20(2)10-30(63-3)52(80)68-44-46(75)22-5-8-34(28(60)12-22)88-36-14-24-15-37(51(36)91-59-50(79)49(78)48(77)38(19-70)90-59)89-35-9-6-23(13-29(35)61)47(76)45-57(85)67-43(58(86)87)27-16-25(71)17-33(73)40(27)26-11-21(4-7-32(26)72)41(54(82)69-45)66-55(83)42(24)65-53(81)31(18-39(62)74)64-56(44)84/h4-9,11-17,20,30-31,38,41-50,59,63,70-73,75-79H,10,18-19H2,1-3H3,(H2,62,74)(H,64,84)(H,65,81)(H,66,83)(H,67,85)(H,68,80)(H,69,82)(H,86,87)/t30-,31?,38?,41?,42?,43?,44+,45+,46?,47-,48?,49?,50?,59?/m1/s1. The lowest BCUT2D eigenvalue weighted by Gasteiger charge is -2.39. The van der Waals surface area contributed by atoms with E-state index in [9.17, 15) is 75.0 Å². The molecule has 0 spiro atoms. The molecule has 5 aromatic carbocycles. The molecule has 0 saturated carbocycles. The number of carboxylic acids is 1. The fourth-order valence-electron chi connectivity index (χ4n) is 10.7. The summed E-state index contributed by atoms with van der Waals surface area (Å²) in [6.45, 7) is 2.69. The molecule has 14 atom stereocenters. The number of aliphatic carboxylic acids is 1. The number of aliphatic hydroxyl groups is 6. The van der Waals surface area contributed by atoms with Gasteiger partial charge < -0.3 is 113 Å².